The summed E-state index contributed by atoms with van der Waals surface area (Å²) in [5.74, 6) is -0.226. The van der Waals surface area contributed by atoms with Gasteiger partial charge in [-0.3, -0.25) is 4.79 Å². The zero-order chi connectivity index (χ0) is 15.5. The van der Waals surface area contributed by atoms with Gasteiger partial charge < -0.3 is 11.1 Å². The van der Waals surface area contributed by atoms with Crippen molar-refractivity contribution in [3.05, 3.63) is 35.4 Å². The lowest BCUT2D eigenvalue weighted by molar-refractivity contribution is -0.138. The summed E-state index contributed by atoms with van der Waals surface area (Å²) in [5, 5.41) is 2.62. The minimum Gasteiger partial charge on any atom is -0.352 e. The normalized spacial score (nSPS) is 21.3. The lowest BCUT2D eigenvalue weighted by Crippen LogP contribution is -2.35. The second-order valence-corrected chi connectivity index (χ2v) is 5.41. The summed E-state index contributed by atoms with van der Waals surface area (Å²) >= 11 is 0. The predicted molar refractivity (Wildman–Crippen MR) is 80.4 cm³/mol. The first kappa shape index (κ1) is 18.8. The van der Waals surface area contributed by atoms with Gasteiger partial charge in [-0.1, -0.05) is 24.6 Å². The molecule has 0 unspecified atom stereocenters. The predicted octanol–water partition coefficient (Wildman–Crippen LogP) is 3.12. The second-order valence-electron chi connectivity index (χ2n) is 5.41. The number of nitrogens with two attached hydrogens (primary N) is 1. The van der Waals surface area contributed by atoms with Crippen LogP contribution >= 0.6 is 12.4 Å². The highest BCUT2D eigenvalue weighted by Crippen LogP contribution is 2.33. The number of nitrogens with one attached hydrogen (secondary N) is 1. The van der Waals surface area contributed by atoms with Gasteiger partial charge >= 0.3 is 6.18 Å². The molecule has 1 amide bonds. The molecule has 1 aromatic rings. The van der Waals surface area contributed by atoms with Crippen LogP contribution in [-0.4, -0.2) is 12.5 Å². The molecule has 1 saturated carbocycles. The fourth-order valence-electron chi connectivity index (χ4n) is 2.93. The SMILES string of the molecule is Cl.NC[C@H]1CCC[C@H]1C(=O)NCc1ccccc1C(F)(F)F. The molecule has 3 nitrogen and oxygen atoms in total. The van der Waals surface area contributed by atoms with E-state index in [1.165, 1.54) is 18.2 Å². The van der Waals surface area contributed by atoms with Gasteiger partial charge in [-0.25, -0.2) is 0 Å². The van der Waals surface area contributed by atoms with E-state index in [4.69, 9.17) is 5.73 Å². The van der Waals surface area contributed by atoms with Crippen LogP contribution in [0.4, 0.5) is 13.2 Å². The number of alkyl halides is 3. The van der Waals surface area contributed by atoms with Crippen molar-refractivity contribution in [3.63, 3.8) is 0 Å². The lowest BCUT2D eigenvalue weighted by atomic mass is 9.95. The van der Waals surface area contributed by atoms with E-state index in [-0.39, 0.29) is 42.3 Å². The first-order chi connectivity index (χ1) is 9.93. The van der Waals surface area contributed by atoms with Crippen LogP contribution in [0.1, 0.15) is 30.4 Å². The molecule has 7 heteroatoms. The van der Waals surface area contributed by atoms with Crippen LogP contribution in [0.2, 0.25) is 0 Å². The Bertz CT molecular complexity index is 508. The van der Waals surface area contributed by atoms with E-state index in [1.807, 2.05) is 0 Å². The van der Waals surface area contributed by atoms with Crippen LogP contribution in [0.25, 0.3) is 0 Å². The van der Waals surface area contributed by atoms with Gasteiger partial charge in [-0.2, -0.15) is 13.2 Å². The van der Waals surface area contributed by atoms with Gasteiger partial charge in [0.25, 0.3) is 0 Å². The van der Waals surface area contributed by atoms with Crippen LogP contribution in [0.5, 0.6) is 0 Å². The summed E-state index contributed by atoms with van der Waals surface area (Å²) in [6.45, 7) is 0.333. The average molecular weight is 337 g/mol. The Balaban J connectivity index is 0.00000242. The topological polar surface area (TPSA) is 55.1 Å². The highest BCUT2D eigenvalue weighted by Gasteiger charge is 2.34. The van der Waals surface area contributed by atoms with Crippen molar-refractivity contribution in [2.24, 2.45) is 17.6 Å². The van der Waals surface area contributed by atoms with Crippen molar-refractivity contribution in [2.45, 2.75) is 32.0 Å². The number of rotatable bonds is 4. The third kappa shape index (κ3) is 4.36. The number of amides is 1. The molecule has 1 fully saturated rings. The summed E-state index contributed by atoms with van der Waals surface area (Å²) in [7, 11) is 0. The molecule has 2 rings (SSSR count). The van der Waals surface area contributed by atoms with Gasteiger partial charge in [0.05, 0.1) is 5.56 Å². The number of benzene rings is 1. The van der Waals surface area contributed by atoms with Crippen molar-refractivity contribution in [1.82, 2.24) is 5.32 Å². The van der Waals surface area contributed by atoms with Gasteiger partial charge in [0.2, 0.25) is 5.91 Å². The molecular formula is C15H20ClF3N2O. The van der Waals surface area contributed by atoms with E-state index in [2.05, 4.69) is 5.32 Å². The molecule has 2 atom stereocenters. The Morgan fingerprint density at radius 2 is 1.95 bits per heavy atom. The van der Waals surface area contributed by atoms with Crippen molar-refractivity contribution in [3.8, 4) is 0 Å². The van der Waals surface area contributed by atoms with Crippen molar-refractivity contribution < 1.29 is 18.0 Å². The molecule has 0 spiro atoms. The molecule has 1 aliphatic carbocycles. The number of hydrogen-bond donors (Lipinski definition) is 2. The summed E-state index contributed by atoms with van der Waals surface area (Å²) in [6.07, 6.45) is -1.80. The quantitative estimate of drug-likeness (QED) is 0.887. The molecule has 3 N–H and O–H groups in total. The van der Waals surface area contributed by atoms with Crippen LogP contribution in [0.15, 0.2) is 24.3 Å². The first-order valence-corrected chi connectivity index (χ1v) is 7.06. The molecular weight excluding hydrogens is 317 g/mol. The van der Waals surface area contributed by atoms with E-state index in [1.54, 1.807) is 0 Å². The highest BCUT2D eigenvalue weighted by molar-refractivity contribution is 5.85. The maximum Gasteiger partial charge on any atom is 0.416 e. The third-order valence-electron chi connectivity index (χ3n) is 4.07. The average Bonchev–Trinajstić information content (AvgIpc) is 2.92. The minimum absolute atomic E-state index is 0. The van der Waals surface area contributed by atoms with E-state index in [0.29, 0.717) is 6.54 Å². The summed E-state index contributed by atoms with van der Waals surface area (Å²) in [4.78, 5) is 12.1. The molecule has 0 radical (unpaired) electrons. The number of carbonyl (C=O) groups is 1. The maximum atomic E-state index is 12.9. The van der Waals surface area contributed by atoms with Crippen LogP contribution in [0, 0.1) is 11.8 Å². The minimum atomic E-state index is -4.41. The molecule has 0 heterocycles. The van der Waals surface area contributed by atoms with Gasteiger partial charge in [0.15, 0.2) is 0 Å². The van der Waals surface area contributed by atoms with Crippen molar-refractivity contribution >= 4 is 18.3 Å². The van der Waals surface area contributed by atoms with E-state index in [9.17, 15) is 18.0 Å². The van der Waals surface area contributed by atoms with Crippen molar-refractivity contribution in [1.29, 1.82) is 0 Å². The molecule has 22 heavy (non-hydrogen) atoms. The van der Waals surface area contributed by atoms with Crippen LogP contribution in [-0.2, 0) is 17.5 Å². The van der Waals surface area contributed by atoms with Gasteiger partial charge in [0, 0.05) is 12.5 Å². The van der Waals surface area contributed by atoms with Gasteiger partial charge in [0.1, 0.15) is 0 Å². The second kappa shape index (κ2) is 7.83. The fraction of sp³-hybridized carbons (Fsp3) is 0.533. The smallest absolute Gasteiger partial charge is 0.352 e. The monoisotopic (exact) mass is 336 g/mol. The summed E-state index contributed by atoms with van der Waals surface area (Å²) in [6, 6.07) is 5.29. The van der Waals surface area contributed by atoms with Gasteiger partial charge in [-0.15, -0.1) is 12.4 Å². The molecule has 0 saturated heterocycles. The third-order valence-corrected chi connectivity index (χ3v) is 4.07. The maximum absolute atomic E-state index is 12.9. The Morgan fingerprint density at radius 3 is 2.59 bits per heavy atom. The zero-order valence-corrected chi connectivity index (χ0v) is 12.8. The molecule has 1 aromatic carbocycles. The van der Waals surface area contributed by atoms with E-state index < -0.39 is 11.7 Å². The molecule has 0 aliphatic heterocycles. The Hall–Kier alpha value is -1.27. The molecule has 1 aliphatic rings. The summed E-state index contributed by atoms with van der Waals surface area (Å²) < 4.78 is 38.6. The number of hydrogen-bond acceptors (Lipinski definition) is 2. The summed E-state index contributed by atoms with van der Waals surface area (Å²) in [5.41, 5.74) is 5.00. The Kier molecular flexibility index (Phi) is 6.68. The number of carbonyl (C=O) groups excluding carboxylic acids is 1. The highest BCUT2D eigenvalue weighted by atomic mass is 35.5. The number of halogens is 4. The Labute approximate surface area is 133 Å². The Morgan fingerprint density at radius 1 is 1.27 bits per heavy atom. The largest absolute Gasteiger partial charge is 0.416 e. The van der Waals surface area contributed by atoms with E-state index >= 15 is 0 Å². The van der Waals surface area contributed by atoms with Crippen LogP contribution < -0.4 is 11.1 Å². The molecule has 0 bridgehead atoms. The van der Waals surface area contributed by atoms with Crippen LogP contribution in [0.3, 0.4) is 0 Å². The van der Waals surface area contributed by atoms with Gasteiger partial charge in [-0.05, 0) is 36.9 Å². The molecule has 124 valence electrons. The van der Waals surface area contributed by atoms with E-state index in [0.717, 1.165) is 25.3 Å². The molecule has 0 aromatic heterocycles. The fourth-order valence-corrected chi connectivity index (χ4v) is 2.93. The lowest BCUT2D eigenvalue weighted by Gasteiger charge is -2.18. The standard InChI is InChI=1S/C15H19F3N2O.ClH/c16-15(17,18)13-7-2-1-4-11(13)9-20-14(21)12-6-3-5-10(12)8-19;/h1-2,4,7,10,12H,3,5-6,8-9,19H2,(H,20,21);1H/t10-,12-;/m1./s1. The first-order valence-electron chi connectivity index (χ1n) is 7.06. The zero-order valence-electron chi connectivity index (χ0n) is 12.0. The van der Waals surface area contributed by atoms with Crippen molar-refractivity contribution in [2.75, 3.05) is 6.54 Å².